The Balaban J connectivity index is 0.00000256. The predicted octanol–water partition coefficient (Wildman–Crippen LogP) is 3.19. The smallest absolute Gasteiger partial charge is 0.205 e. The maximum Gasteiger partial charge on any atom is 0.205 e. The molecule has 2 aliphatic rings. The SMILES string of the molecule is CCc1nsc(N2CCN(C(=NC)NCC3CCOC3c3ccccc3)CC2)n1.I. The van der Waals surface area contributed by atoms with Gasteiger partial charge in [-0.15, -0.1) is 24.0 Å². The molecule has 30 heavy (non-hydrogen) atoms. The molecule has 0 radical (unpaired) electrons. The van der Waals surface area contributed by atoms with Crippen molar-refractivity contribution in [3.8, 4) is 0 Å². The number of nitrogens with zero attached hydrogens (tertiary/aromatic N) is 5. The molecule has 0 amide bonds. The van der Waals surface area contributed by atoms with Crippen LogP contribution in [0.4, 0.5) is 5.13 Å². The summed E-state index contributed by atoms with van der Waals surface area (Å²) in [6, 6.07) is 10.5. The van der Waals surface area contributed by atoms with Crippen LogP contribution in [0, 0.1) is 5.92 Å². The highest BCUT2D eigenvalue weighted by Gasteiger charge is 2.30. The van der Waals surface area contributed by atoms with Crippen molar-refractivity contribution in [3.63, 3.8) is 0 Å². The fourth-order valence-electron chi connectivity index (χ4n) is 4.04. The largest absolute Gasteiger partial charge is 0.373 e. The Morgan fingerprint density at radius 2 is 2.00 bits per heavy atom. The summed E-state index contributed by atoms with van der Waals surface area (Å²) in [5, 5.41) is 4.64. The molecule has 0 aliphatic carbocycles. The number of piperazine rings is 1. The van der Waals surface area contributed by atoms with Crippen molar-refractivity contribution in [3.05, 3.63) is 41.7 Å². The van der Waals surface area contributed by atoms with Crippen LogP contribution in [0.25, 0.3) is 0 Å². The highest BCUT2D eigenvalue weighted by molar-refractivity contribution is 14.0. The zero-order valence-electron chi connectivity index (χ0n) is 17.7. The van der Waals surface area contributed by atoms with Crippen LogP contribution < -0.4 is 10.2 Å². The van der Waals surface area contributed by atoms with E-state index in [1.165, 1.54) is 17.1 Å². The van der Waals surface area contributed by atoms with E-state index in [4.69, 9.17) is 4.74 Å². The highest BCUT2D eigenvalue weighted by atomic mass is 127. The van der Waals surface area contributed by atoms with Crippen molar-refractivity contribution in [1.29, 1.82) is 0 Å². The van der Waals surface area contributed by atoms with Crippen molar-refractivity contribution in [2.45, 2.75) is 25.9 Å². The van der Waals surface area contributed by atoms with Gasteiger partial charge in [0, 0.05) is 70.2 Å². The molecule has 3 heterocycles. The number of anilines is 1. The van der Waals surface area contributed by atoms with Gasteiger partial charge in [0.15, 0.2) is 5.96 Å². The van der Waals surface area contributed by atoms with Crippen molar-refractivity contribution in [2.75, 3.05) is 51.3 Å². The first-order valence-electron chi connectivity index (χ1n) is 10.5. The van der Waals surface area contributed by atoms with Gasteiger partial charge in [-0.2, -0.15) is 4.37 Å². The Hall–Kier alpha value is -1.46. The molecule has 4 rings (SSSR count). The second-order valence-electron chi connectivity index (χ2n) is 7.50. The van der Waals surface area contributed by atoms with E-state index in [1.807, 2.05) is 7.05 Å². The Labute approximate surface area is 200 Å². The summed E-state index contributed by atoms with van der Waals surface area (Å²) in [4.78, 5) is 13.8. The Kier molecular flexibility index (Phi) is 8.70. The van der Waals surface area contributed by atoms with Crippen LogP contribution >= 0.6 is 35.5 Å². The summed E-state index contributed by atoms with van der Waals surface area (Å²) in [5.74, 6) is 2.39. The van der Waals surface area contributed by atoms with Crippen LogP contribution in [0.15, 0.2) is 35.3 Å². The second-order valence-corrected chi connectivity index (χ2v) is 8.23. The molecule has 2 aromatic rings. The van der Waals surface area contributed by atoms with Gasteiger partial charge in [0.05, 0.1) is 6.10 Å². The van der Waals surface area contributed by atoms with E-state index in [2.05, 4.69) is 66.7 Å². The average Bonchev–Trinajstić information content (AvgIpc) is 3.45. The molecule has 2 saturated heterocycles. The van der Waals surface area contributed by atoms with E-state index in [0.717, 1.165) is 69.1 Å². The maximum atomic E-state index is 6.03. The van der Waals surface area contributed by atoms with Crippen LogP contribution in [0.2, 0.25) is 0 Å². The molecule has 2 fully saturated rings. The topological polar surface area (TPSA) is 65.9 Å². The normalized spacial score (nSPS) is 22.1. The van der Waals surface area contributed by atoms with Crippen molar-refractivity contribution < 1.29 is 4.74 Å². The van der Waals surface area contributed by atoms with E-state index in [0.29, 0.717) is 5.92 Å². The molecule has 7 nitrogen and oxygen atoms in total. The van der Waals surface area contributed by atoms with Gasteiger partial charge in [-0.1, -0.05) is 37.3 Å². The summed E-state index contributed by atoms with van der Waals surface area (Å²) in [5.41, 5.74) is 1.27. The second kappa shape index (κ2) is 11.2. The Morgan fingerprint density at radius 1 is 1.23 bits per heavy atom. The number of hydrogen-bond acceptors (Lipinski definition) is 6. The van der Waals surface area contributed by atoms with Crippen molar-refractivity contribution in [1.82, 2.24) is 19.6 Å². The van der Waals surface area contributed by atoms with Gasteiger partial charge >= 0.3 is 0 Å². The molecule has 164 valence electrons. The molecule has 1 aromatic carbocycles. The lowest BCUT2D eigenvalue weighted by molar-refractivity contribution is 0.0913. The predicted molar refractivity (Wildman–Crippen MR) is 133 cm³/mol. The Morgan fingerprint density at radius 3 is 2.67 bits per heavy atom. The number of aryl methyl sites for hydroxylation is 1. The third-order valence-corrected chi connectivity index (χ3v) is 6.51. The van der Waals surface area contributed by atoms with Crippen LogP contribution in [-0.2, 0) is 11.2 Å². The van der Waals surface area contributed by atoms with Crippen LogP contribution in [0.5, 0.6) is 0 Å². The van der Waals surface area contributed by atoms with Gasteiger partial charge in [-0.3, -0.25) is 4.99 Å². The maximum absolute atomic E-state index is 6.03. The molecular formula is C21H31IN6OS. The fraction of sp³-hybridized carbons (Fsp3) is 0.571. The van der Waals surface area contributed by atoms with Gasteiger partial charge < -0.3 is 19.9 Å². The number of guanidine groups is 1. The van der Waals surface area contributed by atoms with Gasteiger partial charge in [-0.05, 0) is 12.0 Å². The third kappa shape index (κ3) is 5.42. The third-order valence-electron chi connectivity index (χ3n) is 5.70. The summed E-state index contributed by atoms with van der Waals surface area (Å²) in [7, 11) is 1.87. The summed E-state index contributed by atoms with van der Waals surface area (Å²) in [6.07, 6.45) is 2.14. The number of benzene rings is 1. The minimum atomic E-state index is 0. The van der Waals surface area contributed by atoms with E-state index in [-0.39, 0.29) is 30.1 Å². The fourth-order valence-corrected chi connectivity index (χ4v) is 4.84. The molecule has 0 saturated carbocycles. The van der Waals surface area contributed by atoms with Gasteiger partial charge in [-0.25, -0.2) is 4.98 Å². The van der Waals surface area contributed by atoms with Gasteiger partial charge in [0.1, 0.15) is 5.82 Å². The number of aromatic nitrogens is 2. The summed E-state index contributed by atoms with van der Waals surface area (Å²) < 4.78 is 10.4. The molecular weight excluding hydrogens is 511 g/mol. The van der Waals surface area contributed by atoms with E-state index >= 15 is 0 Å². The van der Waals surface area contributed by atoms with E-state index in [9.17, 15) is 0 Å². The lowest BCUT2D eigenvalue weighted by atomic mass is 9.95. The first-order valence-corrected chi connectivity index (χ1v) is 11.3. The molecule has 1 N–H and O–H groups in total. The highest BCUT2D eigenvalue weighted by Crippen LogP contribution is 2.33. The summed E-state index contributed by atoms with van der Waals surface area (Å²) in [6.45, 7) is 7.55. The molecule has 2 unspecified atom stereocenters. The van der Waals surface area contributed by atoms with Gasteiger partial charge in [0.25, 0.3) is 0 Å². The lowest BCUT2D eigenvalue weighted by Gasteiger charge is -2.36. The van der Waals surface area contributed by atoms with Crippen LogP contribution in [0.1, 0.15) is 30.8 Å². The first-order chi connectivity index (χ1) is 14.3. The number of hydrogen-bond donors (Lipinski definition) is 1. The number of aliphatic imine (C=N–C) groups is 1. The molecule has 0 spiro atoms. The van der Waals surface area contributed by atoms with Crippen molar-refractivity contribution >= 4 is 46.6 Å². The molecule has 9 heteroatoms. The lowest BCUT2D eigenvalue weighted by Crippen LogP contribution is -2.53. The van der Waals surface area contributed by atoms with E-state index in [1.54, 1.807) is 0 Å². The molecule has 2 aliphatic heterocycles. The monoisotopic (exact) mass is 542 g/mol. The average molecular weight is 542 g/mol. The standard InChI is InChI=1S/C21H30N6OS.HI/c1-3-18-24-21(29-25-18)27-12-10-26(11-13-27)20(22-2)23-15-17-9-14-28-19(17)16-7-5-4-6-8-16;/h4-8,17,19H,3,9-15H2,1-2H3,(H,22,23);1H. The number of ether oxygens (including phenoxy) is 1. The quantitative estimate of drug-likeness (QED) is 0.356. The number of rotatable bonds is 5. The van der Waals surface area contributed by atoms with Crippen LogP contribution in [0.3, 0.4) is 0 Å². The van der Waals surface area contributed by atoms with Crippen molar-refractivity contribution in [2.24, 2.45) is 10.9 Å². The summed E-state index contributed by atoms with van der Waals surface area (Å²) >= 11 is 1.51. The molecule has 0 bridgehead atoms. The minimum absolute atomic E-state index is 0. The Bertz CT molecular complexity index is 809. The minimum Gasteiger partial charge on any atom is -0.373 e. The number of halogens is 1. The molecule has 2 atom stereocenters. The zero-order valence-corrected chi connectivity index (χ0v) is 20.8. The van der Waals surface area contributed by atoms with Crippen LogP contribution in [-0.4, -0.2) is 66.6 Å². The zero-order chi connectivity index (χ0) is 20.1. The first kappa shape index (κ1) is 23.2. The molecule has 1 aromatic heterocycles. The van der Waals surface area contributed by atoms with Gasteiger partial charge in [0.2, 0.25) is 5.13 Å². The number of nitrogens with one attached hydrogen (secondary N) is 1. The van der Waals surface area contributed by atoms with E-state index < -0.39 is 0 Å².